The molecule has 0 atom stereocenters. The SMILES string of the molecule is CCCc1nc2ccccc2n1Cc1c(F)cccc1Cl. The predicted octanol–water partition coefficient (Wildman–Crippen LogP) is 4.83. The number of aryl methyl sites for hydroxylation is 1. The van der Waals surface area contributed by atoms with Crippen molar-refractivity contribution in [3.63, 3.8) is 0 Å². The highest BCUT2D eigenvalue weighted by atomic mass is 35.5. The standard InChI is InChI=1S/C17H16ClFN2/c1-2-6-17-20-15-9-3-4-10-16(15)21(17)11-12-13(18)7-5-8-14(12)19/h3-5,7-10H,2,6,11H2,1H3. The van der Waals surface area contributed by atoms with E-state index in [9.17, 15) is 4.39 Å². The molecule has 108 valence electrons. The number of para-hydroxylation sites is 2. The van der Waals surface area contributed by atoms with E-state index in [-0.39, 0.29) is 5.82 Å². The molecule has 0 fully saturated rings. The van der Waals surface area contributed by atoms with E-state index < -0.39 is 0 Å². The molecule has 1 aromatic heterocycles. The highest BCUT2D eigenvalue weighted by Crippen LogP contribution is 2.24. The third-order valence-corrected chi connectivity index (χ3v) is 3.94. The summed E-state index contributed by atoms with van der Waals surface area (Å²) < 4.78 is 16.1. The summed E-state index contributed by atoms with van der Waals surface area (Å²) in [5, 5.41) is 0.454. The molecule has 0 saturated heterocycles. The quantitative estimate of drug-likeness (QED) is 0.675. The fourth-order valence-electron chi connectivity index (χ4n) is 2.56. The lowest BCUT2D eigenvalue weighted by atomic mass is 10.2. The second kappa shape index (κ2) is 5.86. The number of rotatable bonds is 4. The van der Waals surface area contributed by atoms with Crippen LogP contribution < -0.4 is 0 Å². The Bertz CT molecular complexity index is 759. The number of imidazole rings is 1. The van der Waals surface area contributed by atoms with Crippen molar-refractivity contribution in [3.05, 3.63) is 64.7 Å². The van der Waals surface area contributed by atoms with Crippen molar-refractivity contribution in [2.75, 3.05) is 0 Å². The van der Waals surface area contributed by atoms with Gasteiger partial charge in [0, 0.05) is 17.0 Å². The molecule has 3 rings (SSSR count). The van der Waals surface area contributed by atoms with Gasteiger partial charge in [0.15, 0.2) is 0 Å². The normalized spacial score (nSPS) is 11.2. The first-order valence-electron chi connectivity index (χ1n) is 7.07. The summed E-state index contributed by atoms with van der Waals surface area (Å²) in [6.45, 7) is 2.51. The first-order valence-corrected chi connectivity index (χ1v) is 7.45. The minimum absolute atomic E-state index is 0.275. The van der Waals surface area contributed by atoms with Crippen molar-refractivity contribution in [3.8, 4) is 0 Å². The molecule has 3 aromatic rings. The second-order valence-electron chi connectivity index (χ2n) is 5.05. The van der Waals surface area contributed by atoms with Crippen molar-refractivity contribution in [1.82, 2.24) is 9.55 Å². The Kier molecular flexibility index (Phi) is 3.93. The monoisotopic (exact) mass is 302 g/mol. The van der Waals surface area contributed by atoms with Crippen LogP contribution in [-0.4, -0.2) is 9.55 Å². The molecule has 2 aromatic carbocycles. The maximum atomic E-state index is 14.0. The van der Waals surface area contributed by atoms with E-state index in [2.05, 4.69) is 16.5 Å². The van der Waals surface area contributed by atoms with Crippen LogP contribution in [0.25, 0.3) is 11.0 Å². The minimum atomic E-state index is -0.275. The molecule has 0 radical (unpaired) electrons. The molecule has 2 nitrogen and oxygen atoms in total. The van der Waals surface area contributed by atoms with E-state index in [0.717, 1.165) is 29.7 Å². The number of nitrogens with zero attached hydrogens (tertiary/aromatic N) is 2. The molecule has 0 aliphatic heterocycles. The molecule has 21 heavy (non-hydrogen) atoms. The van der Waals surface area contributed by atoms with E-state index >= 15 is 0 Å². The smallest absolute Gasteiger partial charge is 0.129 e. The Hall–Kier alpha value is -1.87. The number of hydrogen-bond acceptors (Lipinski definition) is 1. The minimum Gasteiger partial charge on any atom is -0.323 e. The van der Waals surface area contributed by atoms with Crippen LogP contribution in [0.1, 0.15) is 24.7 Å². The first kappa shape index (κ1) is 14.1. The molecular formula is C17H16ClFN2. The van der Waals surface area contributed by atoms with E-state index in [1.165, 1.54) is 6.07 Å². The molecular weight excluding hydrogens is 287 g/mol. The fourth-order valence-corrected chi connectivity index (χ4v) is 2.78. The van der Waals surface area contributed by atoms with Gasteiger partial charge in [-0.2, -0.15) is 0 Å². The van der Waals surface area contributed by atoms with Gasteiger partial charge in [-0.25, -0.2) is 9.37 Å². The molecule has 1 heterocycles. The van der Waals surface area contributed by atoms with Crippen LogP contribution in [0.5, 0.6) is 0 Å². The Labute approximate surface area is 128 Å². The van der Waals surface area contributed by atoms with Gasteiger partial charge in [-0.1, -0.05) is 36.7 Å². The molecule has 0 bridgehead atoms. The van der Waals surface area contributed by atoms with Crippen molar-refractivity contribution < 1.29 is 4.39 Å². The van der Waals surface area contributed by atoms with Crippen LogP contribution in [0.15, 0.2) is 42.5 Å². The van der Waals surface area contributed by atoms with Crippen LogP contribution in [0.4, 0.5) is 4.39 Å². The van der Waals surface area contributed by atoms with Gasteiger partial charge in [0.1, 0.15) is 11.6 Å². The van der Waals surface area contributed by atoms with E-state index in [4.69, 9.17) is 11.6 Å². The van der Waals surface area contributed by atoms with Gasteiger partial charge in [-0.3, -0.25) is 0 Å². The van der Waals surface area contributed by atoms with Gasteiger partial charge in [0.25, 0.3) is 0 Å². The Balaban J connectivity index is 2.12. The summed E-state index contributed by atoms with van der Waals surface area (Å²) in [6, 6.07) is 12.7. The van der Waals surface area contributed by atoms with Crippen LogP contribution in [0.3, 0.4) is 0 Å². The molecule has 0 aliphatic carbocycles. The molecule has 4 heteroatoms. The van der Waals surface area contributed by atoms with Gasteiger partial charge >= 0.3 is 0 Å². The average Bonchev–Trinajstić information content (AvgIpc) is 2.81. The average molecular weight is 303 g/mol. The summed E-state index contributed by atoms with van der Waals surface area (Å²) in [5.41, 5.74) is 2.47. The topological polar surface area (TPSA) is 17.8 Å². The third-order valence-electron chi connectivity index (χ3n) is 3.59. The third kappa shape index (κ3) is 2.66. The van der Waals surface area contributed by atoms with Gasteiger partial charge in [0.2, 0.25) is 0 Å². The summed E-state index contributed by atoms with van der Waals surface area (Å²) in [7, 11) is 0. The van der Waals surface area contributed by atoms with Gasteiger partial charge < -0.3 is 4.57 Å². The lowest BCUT2D eigenvalue weighted by molar-refractivity contribution is 0.596. The summed E-state index contributed by atoms with van der Waals surface area (Å²) in [4.78, 5) is 4.66. The summed E-state index contributed by atoms with van der Waals surface area (Å²) in [6.07, 6.45) is 1.86. The predicted molar refractivity (Wildman–Crippen MR) is 84.2 cm³/mol. The Morgan fingerprint density at radius 2 is 1.95 bits per heavy atom. The van der Waals surface area contributed by atoms with Crippen molar-refractivity contribution in [2.45, 2.75) is 26.3 Å². The summed E-state index contributed by atoms with van der Waals surface area (Å²) in [5.74, 6) is 0.695. The lowest BCUT2D eigenvalue weighted by Crippen LogP contribution is -2.07. The Morgan fingerprint density at radius 1 is 1.14 bits per heavy atom. The number of fused-ring (bicyclic) bond motifs is 1. The van der Waals surface area contributed by atoms with Crippen LogP contribution in [0.2, 0.25) is 5.02 Å². The molecule has 0 saturated carbocycles. The highest BCUT2D eigenvalue weighted by molar-refractivity contribution is 6.31. The molecule has 0 spiro atoms. The van der Waals surface area contributed by atoms with Crippen molar-refractivity contribution >= 4 is 22.6 Å². The van der Waals surface area contributed by atoms with Crippen molar-refractivity contribution in [2.24, 2.45) is 0 Å². The van der Waals surface area contributed by atoms with Crippen LogP contribution in [0, 0.1) is 5.82 Å². The van der Waals surface area contributed by atoms with E-state index in [1.54, 1.807) is 12.1 Å². The maximum absolute atomic E-state index is 14.0. The van der Waals surface area contributed by atoms with Crippen LogP contribution >= 0.6 is 11.6 Å². The van der Waals surface area contributed by atoms with Crippen LogP contribution in [-0.2, 0) is 13.0 Å². The first-order chi connectivity index (χ1) is 10.2. The zero-order valence-corrected chi connectivity index (χ0v) is 12.6. The summed E-state index contributed by atoms with van der Waals surface area (Å²) >= 11 is 6.15. The fraction of sp³-hybridized carbons (Fsp3) is 0.235. The number of hydrogen-bond donors (Lipinski definition) is 0. The zero-order chi connectivity index (χ0) is 14.8. The number of halogens is 2. The molecule has 0 aliphatic rings. The van der Waals surface area contributed by atoms with Gasteiger partial charge in [-0.15, -0.1) is 0 Å². The lowest BCUT2D eigenvalue weighted by Gasteiger charge is -2.11. The second-order valence-corrected chi connectivity index (χ2v) is 5.46. The Morgan fingerprint density at radius 3 is 2.71 bits per heavy atom. The zero-order valence-electron chi connectivity index (χ0n) is 11.8. The molecule has 0 amide bonds. The molecule has 0 unspecified atom stereocenters. The van der Waals surface area contributed by atoms with E-state index in [0.29, 0.717) is 17.1 Å². The number of benzene rings is 2. The highest BCUT2D eigenvalue weighted by Gasteiger charge is 2.14. The number of aromatic nitrogens is 2. The largest absolute Gasteiger partial charge is 0.323 e. The van der Waals surface area contributed by atoms with Gasteiger partial charge in [-0.05, 0) is 30.7 Å². The van der Waals surface area contributed by atoms with E-state index in [1.807, 2.05) is 24.3 Å². The molecule has 0 N–H and O–H groups in total. The van der Waals surface area contributed by atoms with Gasteiger partial charge in [0.05, 0.1) is 17.6 Å². The maximum Gasteiger partial charge on any atom is 0.129 e. The van der Waals surface area contributed by atoms with Crippen molar-refractivity contribution in [1.29, 1.82) is 0 Å².